The normalized spacial score (nSPS) is 11.3. The van der Waals surface area contributed by atoms with Gasteiger partial charge < -0.3 is 19.0 Å². The number of nitrogens with zero attached hydrogens (tertiary/aromatic N) is 1. The Morgan fingerprint density at radius 2 is 1.47 bits per heavy atom. The van der Waals surface area contributed by atoms with Crippen molar-refractivity contribution in [1.29, 1.82) is 0 Å². The smallest absolute Gasteiger partial charge is 0.347 e. The zero-order valence-electron chi connectivity index (χ0n) is 20.9. The molecule has 0 saturated heterocycles. The Balaban J connectivity index is 1.29. The maximum atomic E-state index is 11.2. The molecule has 0 unspecified atom stereocenters. The summed E-state index contributed by atoms with van der Waals surface area (Å²) in [4.78, 5) is 15.9. The van der Waals surface area contributed by atoms with E-state index in [2.05, 4.69) is 53.5 Å². The highest BCUT2D eigenvalue weighted by atomic mass is 16.5. The van der Waals surface area contributed by atoms with Gasteiger partial charge >= 0.3 is 5.97 Å². The molecule has 0 aliphatic carbocycles. The Kier molecular flexibility index (Phi) is 7.74. The van der Waals surface area contributed by atoms with Crippen LogP contribution in [0.2, 0.25) is 0 Å². The lowest BCUT2D eigenvalue weighted by Crippen LogP contribution is -2.37. The topological polar surface area (TPSA) is 81.8 Å². The highest BCUT2D eigenvalue weighted by Crippen LogP contribution is 2.24. The fraction of sp³-hybridized carbons (Fsp3) is 0.267. The van der Waals surface area contributed by atoms with Gasteiger partial charge in [-0.15, -0.1) is 0 Å². The van der Waals surface area contributed by atoms with Crippen LogP contribution in [0.1, 0.15) is 36.4 Å². The van der Waals surface area contributed by atoms with Crippen molar-refractivity contribution in [2.45, 2.75) is 45.6 Å². The van der Waals surface area contributed by atoms with Gasteiger partial charge in [0.1, 0.15) is 17.3 Å². The van der Waals surface area contributed by atoms with E-state index in [-0.39, 0.29) is 0 Å². The van der Waals surface area contributed by atoms with E-state index in [4.69, 9.17) is 13.9 Å². The summed E-state index contributed by atoms with van der Waals surface area (Å²) in [5, 5.41) is 9.19. The third kappa shape index (κ3) is 6.54. The number of carboxylic acids is 1. The van der Waals surface area contributed by atoms with Gasteiger partial charge in [-0.05, 0) is 81.1 Å². The fourth-order valence-electron chi connectivity index (χ4n) is 3.74. The highest BCUT2D eigenvalue weighted by Gasteiger charge is 2.29. The van der Waals surface area contributed by atoms with Crippen LogP contribution in [0, 0.1) is 6.92 Å². The van der Waals surface area contributed by atoms with Gasteiger partial charge in [0.15, 0.2) is 5.60 Å². The lowest BCUT2D eigenvalue weighted by Gasteiger charge is -2.21. The Morgan fingerprint density at radius 3 is 2.11 bits per heavy atom. The summed E-state index contributed by atoms with van der Waals surface area (Å²) in [7, 11) is 0. The third-order valence-corrected chi connectivity index (χ3v) is 5.96. The Hall–Kier alpha value is -4.06. The van der Waals surface area contributed by atoms with E-state index in [0.29, 0.717) is 30.4 Å². The first-order valence-corrected chi connectivity index (χ1v) is 12.0. The van der Waals surface area contributed by atoms with Crippen LogP contribution in [-0.4, -0.2) is 28.3 Å². The molecule has 4 rings (SSSR count). The summed E-state index contributed by atoms with van der Waals surface area (Å²) in [5.41, 5.74) is 3.13. The van der Waals surface area contributed by atoms with E-state index in [1.54, 1.807) is 24.3 Å². The maximum Gasteiger partial charge on any atom is 0.347 e. The summed E-state index contributed by atoms with van der Waals surface area (Å²) in [5.74, 6) is 1.51. The van der Waals surface area contributed by atoms with Crippen LogP contribution in [-0.2, 0) is 24.1 Å². The monoisotopic (exact) mass is 485 g/mol. The summed E-state index contributed by atoms with van der Waals surface area (Å²) in [6.07, 6.45) is 2.61. The summed E-state index contributed by atoms with van der Waals surface area (Å²) in [6, 6.07) is 25.8. The highest BCUT2D eigenvalue weighted by molar-refractivity contribution is 5.76. The minimum atomic E-state index is -1.30. The fourth-order valence-corrected chi connectivity index (χ4v) is 3.74. The molecule has 0 aliphatic rings. The van der Waals surface area contributed by atoms with E-state index in [9.17, 15) is 9.90 Å². The van der Waals surface area contributed by atoms with Gasteiger partial charge in [-0.1, -0.05) is 42.5 Å². The van der Waals surface area contributed by atoms with Gasteiger partial charge in [0.25, 0.3) is 0 Å². The molecule has 0 saturated carbocycles. The first-order valence-electron chi connectivity index (χ1n) is 12.0. The van der Waals surface area contributed by atoms with Crippen molar-refractivity contribution in [3.8, 4) is 23.0 Å². The van der Waals surface area contributed by atoms with Crippen LogP contribution in [0.5, 0.6) is 11.5 Å². The van der Waals surface area contributed by atoms with Gasteiger partial charge in [0.2, 0.25) is 5.89 Å². The van der Waals surface area contributed by atoms with Gasteiger partial charge in [-0.3, -0.25) is 0 Å². The zero-order chi connectivity index (χ0) is 25.5. The molecule has 6 heteroatoms. The predicted molar refractivity (Wildman–Crippen MR) is 139 cm³/mol. The Labute approximate surface area is 211 Å². The number of ether oxygens (including phenoxy) is 2. The molecule has 0 aliphatic heterocycles. The predicted octanol–water partition coefficient (Wildman–Crippen LogP) is 6.30. The molecule has 0 atom stereocenters. The first-order chi connectivity index (χ1) is 17.3. The van der Waals surface area contributed by atoms with Gasteiger partial charge in [0, 0.05) is 12.0 Å². The van der Waals surface area contributed by atoms with Crippen LogP contribution in [0.3, 0.4) is 0 Å². The van der Waals surface area contributed by atoms with Crippen molar-refractivity contribution in [2.24, 2.45) is 0 Å². The van der Waals surface area contributed by atoms with Gasteiger partial charge in [-0.25, -0.2) is 9.78 Å². The van der Waals surface area contributed by atoms with Gasteiger partial charge in [-0.2, -0.15) is 0 Å². The molecule has 36 heavy (non-hydrogen) atoms. The molecular formula is C30H31NO5. The lowest BCUT2D eigenvalue weighted by molar-refractivity contribution is -0.152. The molecule has 4 aromatic rings. The number of oxazole rings is 1. The number of carbonyl (C=O) groups is 1. The molecule has 186 valence electrons. The van der Waals surface area contributed by atoms with E-state index in [1.807, 2.05) is 13.0 Å². The summed E-state index contributed by atoms with van der Waals surface area (Å²) in [6.45, 7) is 5.37. The van der Waals surface area contributed by atoms with Crippen molar-refractivity contribution < 1.29 is 23.8 Å². The number of aliphatic carboxylic acids is 1. The number of aromatic nitrogens is 1. The minimum absolute atomic E-state index is 0.437. The van der Waals surface area contributed by atoms with Crippen LogP contribution < -0.4 is 9.47 Å². The Morgan fingerprint density at radius 1 is 0.861 bits per heavy atom. The SMILES string of the molecule is Cc1oc(-c2ccc(CCc3ccccc3)cc2)nc1CCOc1ccc(OC(C)(C)C(=O)O)cc1. The number of carboxylic acid groups (broad SMARTS) is 1. The van der Waals surface area contributed by atoms with Crippen LogP contribution in [0.25, 0.3) is 11.5 Å². The van der Waals surface area contributed by atoms with Crippen molar-refractivity contribution >= 4 is 5.97 Å². The molecule has 0 radical (unpaired) electrons. The second kappa shape index (κ2) is 11.1. The zero-order valence-corrected chi connectivity index (χ0v) is 20.9. The summed E-state index contributed by atoms with van der Waals surface area (Å²) >= 11 is 0. The van der Waals surface area contributed by atoms with Crippen LogP contribution >= 0.6 is 0 Å². The van der Waals surface area contributed by atoms with Crippen molar-refractivity contribution in [1.82, 2.24) is 4.98 Å². The lowest BCUT2D eigenvalue weighted by atomic mass is 10.0. The number of hydrogen-bond acceptors (Lipinski definition) is 5. The molecule has 0 bridgehead atoms. The van der Waals surface area contributed by atoms with Crippen LogP contribution in [0.4, 0.5) is 0 Å². The molecule has 1 heterocycles. The van der Waals surface area contributed by atoms with Crippen molar-refractivity contribution in [3.05, 3.63) is 101 Å². The number of hydrogen-bond donors (Lipinski definition) is 1. The Bertz CT molecular complexity index is 1280. The molecule has 0 amide bonds. The molecule has 3 aromatic carbocycles. The van der Waals surface area contributed by atoms with Crippen LogP contribution in [0.15, 0.2) is 83.3 Å². The molecule has 6 nitrogen and oxygen atoms in total. The van der Waals surface area contributed by atoms with E-state index in [0.717, 1.165) is 29.9 Å². The van der Waals surface area contributed by atoms with E-state index < -0.39 is 11.6 Å². The van der Waals surface area contributed by atoms with Crippen molar-refractivity contribution in [3.63, 3.8) is 0 Å². The summed E-state index contributed by atoms with van der Waals surface area (Å²) < 4.78 is 17.3. The van der Waals surface area contributed by atoms with E-state index >= 15 is 0 Å². The number of benzene rings is 3. The molecule has 0 fully saturated rings. The number of rotatable bonds is 11. The van der Waals surface area contributed by atoms with E-state index in [1.165, 1.54) is 25.0 Å². The minimum Gasteiger partial charge on any atom is -0.493 e. The average Bonchev–Trinajstić information content (AvgIpc) is 3.25. The molecule has 1 N–H and O–H groups in total. The first kappa shape index (κ1) is 25.0. The third-order valence-electron chi connectivity index (χ3n) is 5.96. The average molecular weight is 486 g/mol. The maximum absolute atomic E-state index is 11.2. The molecule has 0 spiro atoms. The number of aryl methyl sites for hydroxylation is 3. The van der Waals surface area contributed by atoms with Crippen molar-refractivity contribution in [2.75, 3.05) is 6.61 Å². The quantitative estimate of drug-likeness (QED) is 0.269. The second-order valence-corrected chi connectivity index (χ2v) is 9.19. The second-order valence-electron chi connectivity index (χ2n) is 9.19. The molecule has 1 aromatic heterocycles. The standard InChI is InChI=1S/C30H31NO5/c1-21-27(19-20-34-25-15-17-26(18-16-25)36-30(2,3)29(32)33)31-28(35-21)24-13-11-23(12-14-24)10-9-22-7-5-4-6-8-22/h4-8,11-18H,9-10,19-20H2,1-3H3,(H,32,33). The largest absolute Gasteiger partial charge is 0.493 e. The molecular weight excluding hydrogens is 454 g/mol. The van der Waals surface area contributed by atoms with Gasteiger partial charge in [0.05, 0.1) is 12.3 Å².